The van der Waals surface area contributed by atoms with Gasteiger partial charge in [-0.25, -0.2) is 9.97 Å². The highest BCUT2D eigenvalue weighted by Crippen LogP contribution is 2.43. The number of nitrogens with zero attached hydrogens (tertiary/aromatic N) is 2. The second-order valence-corrected chi connectivity index (χ2v) is 7.66. The third-order valence-electron chi connectivity index (χ3n) is 5.14. The highest BCUT2D eigenvalue weighted by Gasteiger charge is 2.32. The Hall–Kier alpha value is -3.12. The van der Waals surface area contributed by atoms with Crippen LogP contribution in [0.25, 0.3) is 11.3 Å². The summed E-state index contributed by atoms with van der Waals surface area (Å²) in [6.45, 7) is 4.47. The number of hydrogen-bond acceptors (Lipinski definition) is 5. The highest BCUT2D eigenvalue weighted by atomic mass is 35.5. The zero-order valence-electron chi connectivity index (χ0n) is 16.6. The molecule has 2 aromatic carbocycles. The van der Waals surface area contributed by atoms with Gasteiger partial charge in [0, 0.05) is 23.0 Å². The van der Waals surface area contributed by atoms with Crippen LogP contribution in [-0.4, -0.2) is 22.9 Å². The summed E-state index contributed by atoms with van der Waals surface area (Å²) >= 11 is 0. The fourth-order valence-electron chi connectivity index (χ4n) is 3.73. The Labute approximate surface area is 176 Å². The van der Waals surface area contributed by atoms with Gasteiger partial charge in [0.05, 0.1) is 12.8 Å². The molecule has 1 aliphatic carbocycles. The molecule has 0 spiro atoms. The maximum Gasteiger partial charge on any atom is 0.227 e. The van der Waals surface area contributed by atoms with Crippen molar-refractivity contribution >= 4 is 29.9 Å². The number of methoxy groups -OCH3 is 1. The summed E-state index contributed by atoms with van der Waals surface area (Å²) in [5.41, 5.74) is 11.4. The van der Waals surface area contributed by atoms with E-state index in [-0.39, 0.29) is 23.7 Å². The number of aromatic nitrogens is 2. The molecule has 6 nitrogen and oxygen atoms in total. The van der Waals surface area contributed by atoms with Crippen LogP contribution in [0, 0.1) is 5.41 Å². The molecule has 0 atom stereocenters. The second-order valence-electron chi connectivity index (χ2n) is 7.66. The van der Waals surface area contributed by atoms with Crippen molar-refractivity contribution in [2.75, 3.05) is 12.4 Å². The summed E-state index contributed by atoms with van der Waals surface area (Å²) in [4.78, 5) is 9.31. The van der Waals surface area contributed by atoms with Crippen LogP contribution in [0.15, 0.2) is 48.7 Å². The molecule has 29 heavy (non-hydrogen) atoms. The number of nitrogen functional groups attached to an aromatic ring is 1. The summed E-state index contributed by atoms with van der Waals surface area (Å²) in [7, 11) is 1.67. The molecular formula is C22H24ClN5O. The number of hydrogen-bond donors (Lipinski definition) is 3. The molecule has 0 saturated heterocycles. The van der Waals surface area contributed by atoms with E-state index >= 15 is 0 Å². The van der Waals surface area contributed by atoms with Crippen molar-refractivity contribution in [2.24, 2.45) is 5.73 Å². The van der Waals surface area contributed by atoms with E-state index in [1.54, 1.807) is 13.2 Å². The predicted octanol–water partition coefficient (Wildman–Crippen LogP) is 4.44. The van der Waals surface area contributed by atoms with Crippen molar-refractivity contribution in [1.82, 2.24) is 9.97 Å². The van der Waals surface area contributed by atoms with Crippen molar-refractivity contribution in [2.45, 2.75) is 25.7 Å². The van der Waals surface area contributed by atoms with E-state index in [1.807, 2.05) is 36.5 Å². The molecular weight excluding hydrogens is 386 g/mol. The third-order valence-corrected chi connectivity index (χ3v) is 5.14. The monoisotopic (exact) mass is 409 g/mol. The van der Waals surface area contributed by atoms with Gasteiger partial charge in [0.15, 0.2) is 0 Å². The van der Waals surface area contributed by atoms with Crippen LogP contribution in [0.3, 0.4) is 0 Å². The molecule has 4 rings (SSSR count). The van der Waals surface area contributed by atoms with Gasteiger partial charge in [-0.3, -0.25) is 5.41 Å². The molecule has 150 valence electrons. The molecule has 0 saturated carbocycles. The second kappa shape index (κ2) is 7.72. The zero-order valence-corrected chi connectivity index (χ0v) is 17.4. The summed E-state index contributed by atoms with van der Waals surface area (Å²) in [5, 5.41) is 10.8. The molecule has 1 aromatic heterocycles. The Morgan fingerprint density at radius 3 is 2.72 bits per heavy atom. The van der Waals surface area contributed by atoms with Gasteiger partial charge >= 0.3 is 0 Å². The van der Waals surface area contributed by atoms with Crippen molar-refractivity contribution in [1.29, 1.82) is 5.41 Å². The average Bonchev–Trinajstić information content (AvgIpc) is 2.68. The van der Waals surface area contributed by atoms with E-state index in [0.29, 0.717) is 11.5 Å². The van der Waals surface area contributed by atoms with Crippen LogP contribution in [0.1, 0.15) is 30.5 Å². The molecule has 1 heterocycles. The number of nitrogens with two attached hydrogens (primary N) is 1. The number of halogens is 1. The average molecular weight is 410 g/mol. The standard InChI is InChI=1S/C22H23N5O.ClH/c1-22(2)11-14-12-25-21(26-15-6-4-5-13(9-15)20(23)24)27-19(14)17-10-16(28-3)7-8-18(17)22;/h4-10,12H,11H2,1-3H3,(H3,23,24)(H,25,26,27);1H. The van der Waals surface area contributed by atoms with E-state index in [4.69, 9.17) is 20.9 Å². The number of nitrogens with one attached hydrogen (secondary N) is 2. The molecule has 0 aliphatic heterocycles. The fourth-order valence-corrected chi connectivity index (χ4v) is 3.73. The minimum absolute atomic E-state index is 0. The van der Waals surface area contributed by atoms with Crippen molar-refractivity contribution < 1.29 is 4.74 Å². The van der Waals surface area contributed by atoms with Gasteiger partial charge in [-0.05, 0) is 47.2 Å². The van der Waals surface area contributed by atoms with Crippen molar-refractivity contribution in [3.8, 4) is 17.0 Å². The lowest BCUT2D eigenvalue weighted by Crippen LogP contribution is -2.26. The van der Waals surface area contributed by atoms with Gasteiger partial charge in [-0.2, -0.15) is 0 Å². The lowest BCUT2D eigenvalue weighted by molar-refractivity contribution is 0.414. The first-order chi connectivity index (χ1) is 13.4. The smallest absolute Gasteiger partial charge is 0.227 e. The van der Waals surface area contributed by atoms with Crippen LogP contribution in [-0.2, 0) is 11.8 Å². The largest absolute Gasteiger partial charge is 0.497 e. The van der Waals surface area contributed by atoms with Crippen molar-refractivity contribution in [3.05, 3.63) is 65.4 Å². The van der Waals surface area contributed by atoms with E-state index in [0.717, 1.165) is 34.7 Å². The van der Waals surface area contributed by atoms with Gasteiger partial charge in [-0.1, -0.05) is 32.0 Å². The molecule has 0 radical (unpaired) electrons. The zero-order chi connectivity index (χ0) is 19.9. The van der Waals surface area contributed by atoms with Gasteiger partial charge in [0.2, 0.25) is 5.95 Å². The Balaban J connectivity index is 0.00000240. The van der Waals surface area contributed by atoms with E-state index in [1.165, 1.54) is 5.56 Å². The number of fused-ring (bicyclic) bond motifs is 3. The van der Waals surface area contributed by atoms with E-state index in [9.17, 15) is 0 Å². The molecule has 1 aliphatic rings. The van der Waals surface area contributed by atoms with Gasteiger partial charge < -0.3 is 15.8 Å². The normalized spacial score (nSPS) is 13.5. The Morgan fingerprint density at radius 1 is 1.21 bits per heavy atom. The summed E-state index contributed by atoms with van der Waals surface area (Å²) in [6.07, 6.45) is 2.77. The lowest BCUT2D eigenvalue weighted by atomic mass is 9.72. The quantitative estimate of drug-likeness (QED) is 0.437. The Bertz CT molecular complexity index is 1080. The number of rotatable bonds is 4. The molecule has 0 fully saturated rings. The highest BCUT2D eigenvalue weighted by molar-refractivity contribution is 5.95. The molecule has 7 heteroatoms. The number of anilines is 2. The fraction of sp³-hybridized carbons (Fsp3) is 0.227. The maximum absolute atomic E-state index is 7.60. The van der Waals surface area contributed by atoms with Gasteiger partial charge in [0.25, 0.3) is 0 Å². The molecule has 4 N–H and O–H groups in total. The molecule has 0 unspecified atom stereocenters. The van der Waals surface area contributed by atoms with Crippen LogP contribution in [0.5, 0.6) is 5.75 Å². The van der Waals surface area contributed by atoms with E-state index in [2.05, 4.69) is 30.2 Å². The number of ether oxygens (including phenoxy) is 1. The summed E-state index contributed by atoms with van der Waals surface area (Å²) in [6, 6.07) is 13.5. The predicted molar refractivity (Wildman–Crippen MR) is 119 cm³/mol. The summed E-state index contributed by atoms with van der Waals surface area (Å²) < 4.78 is 5.43. The number of amidine groups is 1. The first-order valence-corrected chi connectivity index (χ1v) is 9.14. The van der Waals surface area contributed by atoms with Gasteiger partial charge in [0.1, 0.15) is 11.6 Å². The maximum atomic E-state index is 7.60. The van der Waals surface area contributed by atoms with E-state index < -0.39 is 0 Å². The SMILES string of the molecule is COc1ccc2c(c1)-c1nc(Nc3cccc(C(=N)N)c3)ncc1CC2(C)C.Cl. The Morgan fingerprint density at radius 2 is 2.00 bits per heavy atom. The lowest BCUT2D eigenvalue weighted by Gasteiger charge is -2.33. The van der Waals surface area contributed by atoms with Crippen LogP contribution in [0.2, 0.25) is 0 Å². The number of benzene rings is 2. The topological polar surface area (TPSA) is 96.9 Å². The first kappa shape index (κ1) is 20.6. The molecule has 0 bridgehead atoms. The van der Waals surface area contributed by atoms with Crippen molar-refractivity contribution in [3.63, 3.8) is 0 Å². The van der Waals surface area contributed by atoms with Gasteiger partial charge in [-0.15, -0.1) is 12.4 Å². The third kappa shape index (κ3) is 3.89. The van der Waals surface area contributed by atoms with Crippen LogP contribution >= 0.6 is 12.4 Å². The first-order valence-electron chi connectivity index (χ1n) is 9.14. The molecule has 0 amide bonds. The summed E-state index contributed by atoms with van der Waals surface area (Å²) in [5.74, 6) is 1.34. The minimum atomic E-state index is 0. The minimum Gasteiger partial charge on any atom is -0.497 e. The molecule has 3 aromatic rings. The van der Waals surface area contributed by atoms with Crippen LogP contribution in [0.4, 0.5) is 11.6 Å². The Kier molecular flexibility index (Phi) is 5.48. The van der Waals surface area contributed by atoms with Crippen LogP contribution < -0.4 is 15.8 Å².